The average molecular weight is 222 g/mol. The molecule has 0 atom stereocenters. The Morgan fingerprint density at radius 3 is 2.62 bits per heavy atom. The van der Waals surface area contributed by atoms with Gasteiger partial charge in [-0.05, 0) is 31.4 Å². The van der Waals surface area contributed by atoms with Crippen LogP contribution in [-0.4, -0.2) is 12.0 Å². The van der Waals surface area contributed by atoms with Crippen molar-refractivity contribution in [2.24, 2.45) is 5.73 Å². The second-order valence-electron chi connectivity index (χ2n) is 4.15. The van der Waals surface area contributed by atoms with E-state index in [0.717, 1.165) is 19.3 Å². The maximum atomic E-state index is 10.9. The van der Waals surface area contributed by atoms with Gasteiger partial charge in [-0.2, -0.15) is 0 Å². The van der Waals surface area contributed by atoms with E-state index in [1.54, 1.807) is 12.1 Å². The first-order valence-corrected chi connectivity index (χ1v) is 5.18. The van der Waals surface area contributed by atoms with Crippen LogP contribution in [-0.2, 0) is 5.54 Å². The van der Waals surface area contributed by atoms with Crippen LogP contribution in [0.4, 0.5) is 5.69 Å². The summed E-state index contributed by atoms with van der Waals surface area (Å²) in [4.78, 5) is 10.5. The molecule has 0 heterocycles. The van der Waals surface area contributed by atoms with Gasteiger partial charge < -0.3 is 10.5 Å². The minimum atomic E-state index is -0.545. The second-order valence-corrected chi connectivity index (χ2v) is 4.15. The fourth-order valence-corrected chi connectivity index (χ4v) is 2.03. The first-order chi connectivity index (χ1) is 7.57. The molecule has 1 saturated carbocycles. The highest BCUT2D eigenvalue weighted by atomic mass is 16.6. The summed E-state index contributed by atoms with van der Waals surface area (Å²) in [5.41, 5.74) is 6.25. The first kappa shape index (κ1) is 10.9. The zero-order valence-electron chi connectivity index (χ0n) is 9.10. The van der Waals surface area contributed by atoms with Crippen molar-refractivity contribution in [2.45, 2.75) is 24.8 Å². The number of benzene rings is 1. The third-order valence-electron chi connectivity index (χ3n) is 3.18. The van der Waals surface area contributed by atoms with E-state index in [-0.39, 0.29) is 10.6 Å². The Bertz CT molecular complexity index is 427. The number of nitro groups is 1. The van der Waals surface area contributed by atoms with Crippen LogP contribution in [0, 0.1) is 10.1 Å². The third-order valence-corrected chi connectivity index (χ3v) is 3.18. The molecule has 86 valence electrons. The van der Waals surface area contributed by atoms with Crippen LogP contribution in [0.5, 0.6) is 5.75 Å². The number of hydrogen-bond donors (Lipinski definition) is 1. The van der Waals surface area contributed by atoms with Crippen molar-refractivity contribution in [1.29, 1.82) is 0 Å². The predicted octanol–water partition coefficient (Wildman–Crippen LogP) is 1.94. The van der Waals surface area contributed by atoms with Crippen LogP contribution in [0.3, 0.4) is 0 Å². The van der Waals surface area contributed by atoms with Gasteiger partial charge in [-0.15, -0.1) is 0 Å². The van der Waals surface area contributed by atoms with Gasteiger partial charge in [0.05, 0.1) is 17.6 Å². The van der Waals surface area contributed by atoms with Gasteiger partial charge in [0.2, 0.25) is 0 Å². The fraction of sp³-hybridized carbons (Fsp3) is 0.455. The minimum absolute atomic E-state index is 0.0861. The van der Waals surface area contributed by atoms with E-state index in [1.165, 1.54) is 13.2 Å². The number of nitrogens with two attached hydrogens (primary N) is 1. The molecule has 0 unspecified atom stereocenters. The van der Waals surface area contributed by atoms with E-state index in [9.17, 15) is 10.1 Å². The van der Waals surface area contributed by atoms with Gasteiger partial charge in [-0.1, -0.05) is 0 Å². The number of ether oxygens (including phenoxy) is 1. The fourth-order valence-electron chi connectivity index (χ4n) is 2.03. The maximum Gasteiger partial charge on any atom is 0.274 e. The molecule has 1 aliphatic rings. The molecule has 1 aromatic rings. The summed E-state index contributed by atoms with van der Waals surface area (Å²) >= 11 is 0. The largest absolute Gasteiger partial charge is 0.497 e. The van der Waals surface area contributed by atoms with Crippen LogP contribution in [0.15, 0.2) is 18.2 Å². The maximum absolute atomic E-state index is 10.9. The molecule has 1 fully saturated rings. The highest BCUT2D eigenvalue weighted by molar-refractivity contribution is 5.50. The lowest BCUT2D eigenvalue weighted by atomic mass is 9.72. The smallest absolute Gasteiger partial charge is 0.274 e. The molecule has 1 aromatic carbocycles. The van der Waals surface area contributed by atoms with Crippen LogP contribution in [0.2, 0.25) is 0 Å². The molecule has 5 heteroatoms. The van der Waals surface area contributed by atoms with Crippen molar-refractivity contribution in [3.05, 3.63) is 33.9 Å². The molecular formula is C11H14N2O3. The summed E-state index contributed by atoms with van der Waals surface area (Å²) in [6.45, 7) is 0. The second kappa shape index (κ2) is 3.75. The van der Waals surface area contributed by atoms with Gasteiger partial charge in [0, 0.05) is 11.6 Å². The zero-order valence-corrected chi connectivity index (χ0v) is 9.10. The molecule has 0 radical (unpaired) electrons. The molecule has 0 aromatic heterocycles. The monoisotopic (exact) mass is 222 g/mol. The average Bonchev–Trinajstić information content (AvgIpc) is 2.24. The topological polar surface area (TPSA) is 78.4 Å². The van der Waals surface area contributed by atoms with Gasteiger partial charge in [0.15, 0.2) is 0 Å². The van der Waals surface area contributed by atoms with Crippen molar-refractivity contribution in [3.8, 4) is 5.75 Å². The first-order valence-electron chi connectivity index (χ1n) is 5.18. The Hall–Kier alpha value is -1.62. The summed E-state index contributed by atoms with van der Waals surface area (Å²) in [7, 11) is 1.54. The van der Waals surface area contributed by atoms with Gasteiger partial charge in [0.25, 0.3) is 5.69 Å². The lowest BCUT2D eigenvalue weighted by Crippen LogP contribution is -2.43. The highest BCUT2D eigenvalue weighted by Crippen LogP contribution is 2.43. The molecule has 2 N–H and O–H groups in total. The van der Waals surface area contributed by atoms with Gasteiger partial charge in [-0.3, -0.25) is 10.1 Å². The predicted molar refractivity (Wildman–Crippen MR) is 59.4 cm³/mol. The van der Waals surface area contributed by atoms with Crippen molar-refractivity contribution in [3.63, 3.8) is 0 Å². The van der Waals surface area contributed by atoms with Crippen LogP contribution in [0.1, 0.15) is 24.8 Å². The van der Waals surface area contributed by atoms with E-state index in [0.29, 0.717) is 11.3 Å². The van der Waals surface area contributed by atoms with E-state index in [4.69, 9.17) is 10.5 Å². The van der Waals surface area contributed by atoms with Gasteiger partial charge in [0.1, 0.15) is 5.75 Å². The van der Waals surface area contributed by atoms with Crippen molar-refractivity contribution < 1.29 is 9.66 Å². The molecule has 1 aliphatic carbocycles. The number of rotatable bonds is 3. The number of hydrogen-bond acceptors (Lipinski definition) is 4. The summed E-state index contributed by atoms with van der Waals surface area (Å²) < 4.78 is 5.08. The quantitative estimate of drug-likeness (QED) is 0.626. The normalized spacial score (nSPS) is 17.6. The van der Waals surface area contributed by atoms with E-state index in [1.807, 2.05) is 0 Å². The molecule has 0 saturated heterocycles. The lowest BCUT2D eigenvalue weighted by Gasteiger charge is -2.38. The van der Waals surface area contributed by atoms with Crippen molar-refractivity contribution in [2.75, 3.05) is 7.11 Å². The van der Waals surface area contributed by atoms with Crippen LogP contribution < -0.4 is 10.5 Å². The Labute approximate surface area is 93.4 Å². The third kappa shape index (κ3) is 1.63. The molecule has 0 spiro atoms. The zero-order chi connectivity index (χ0) is 11.8. The molecule has 0 amide bonds. The van der Waals surface area contributed by atoms with Crippen molar-refractivity contribution >= 4 is 5.69 Å². The molecule has 16 heavy (non-hydrogen) atoms. The molecule has 0 bridgehead atoms. The molecule has 0 aliphatic heterocycles. The van der Waals surface area contributed by atoms with Crippen LogP contribution in [0.25, 0.3) is 0 Å². The summed E-state index contributed by atoms with van der Waals surface area (Å²) in [6.07, 6.45) is 2.60. The van der Waals surface area contributed by atoms with E-state index in [2.05, 4.69) is 0 Å². The summed E-state index contributed by atoms with van der Waals surface area (Å²) in [6, 6.07) is 4.72. The lowest BCUT2D eigenvalue weighted by molar-refractivity contribution is -0.386. The van der Waals surface area contributed by atoms with Crippen molar-refractivity contribution in [1.82, 2.24) is 0 Å². The van der Waals surface area contributed by atoms with E-state index < -0.39 is 5.54 Å². The molecule has 5 nitrogen and oxygen atoms in total. The standard InChI is InChI=1S/C11H14N2O3/c1-16-8-3-4-10(13(14)15)9(7-8)11(12)5-2-6-11/h3-4,7H,2,5-6,12H2,1H3. The van der Waals surface area contributed by atoms with Gasteiger partial charge >= 0.3 is 0 Å². The number of nitrogens with zero attached hydrogens (tertiary/aromatic N) is 1. The number of methoxy groups -OCH3 is 1. The minimum Gasteiger partial charge on any atom is -0.497 e. The Kier molecular flexibility index (Phi) is 2.55. The molecule has 2 rings (SSSR count). The summed E-state index contributed by atoms with van der Waals surface area (Å²) in [5, 5.41) is 10.9. The Balaban J connectivity index is 2.50. The van der Waals surface area contributed by atoms with E-state index >= 15 is 0 Å². The van der Waals surface area contributed by atoms with Gasteiger partial charge in [-0.25, -0.2) is 0 Å². The SMILES string of the molecule is COc1ccc([N+](=O)[O-])c(C2(N)CCC2)c1. The summed E-state index contributed by atoms with van der Waals surface area (Å²) in [5.74, 6) is 0.609. The van der Waals surface area contributed by atoms with Crippen LogP contribution >= 0.6 is 0 Å². The molecular weight excluding hydrogens is 208 g/mol. The number of nitro benzene ring substituents is 1. The Morgan fingerprint density at radius 2 is 2.19 bits per heavy atom. The highest BCUT2D eigenvalue weighted by Gasteiger charge is 2.39. The Morgan fingerprint density at radius 1 is 1.50 bits per heavy atom.